The molecule has 0 heterocycles. The van der Waals surface area contributed by atoms with E-state index < -0.39 is 5.97 Å². The van der Waals surface area contributed by atoms with E-state index in [0.29, 0.717) is 28.0 Å². The van der Waals surface area contributed by atoms with Crippen molar-refractivity contribution < 1.29 is 14.3 Å². The molecule has 2 rings (SSSR count). The van der Waals surface area contributed by atoms with Gasteiger partial charge in [0.2, 0.25) is 0 Å². The van der Waals surface area contributed by atoms with E-state index in [1.54, 1.807) is 24.3 Å². The third-order valence-corrected chi connectivity index (χ3v) is 3.21. The first kappa shape index (κ1) is 14.7. The third kappa shape index (κ3) is 3.65. The van der Waals surface area contributed by atoms with Gasteiger partial charge in [-0.3, -0.25) is 0 Å². The van der Waals surface area contributed by atoms with E-state index in [0.717, 1.165) is 5.56 Å². The average Bonchev–Trinajstić information content (AvgIpc) is 2.46. The van der Waals surface area contributed by atoms with Gasteiger partial charge in [-0.1, -0.05) is 35.3 Å². The van der Waals surface area contributed by atoms with Gasteiger partial charge in [0.25, 0.3) is 0 Å². The molecule has 0 N–H and O–H groups in total. The summed E-state index contributed by atoms with van der Waals surface area (Å²) < 4.78 is 10.2. The van der Waals surface area contributed by atoms with Crippen LogP contribution in [0.25, 0.3) is 0 Å². The monoisotopic (exact) mass is 310 g/mol. The number of esters is 1. The van der Waals surface area contributed by atoms with E-state index in [-0.39, 0.29) is 0 Å². The summed E-state index contributed by atoms with van der Waals surface area (Å²) in [7, 11) is 1.32. The van der Waals surface area contributed by atoms with Crippen molar-refractivity contribution >= 4 is 29.2 Å². The number of hydrogen-bond acceptors (Lipinski definition) is 3. The molecule has 0 bridgehead atoms. The number of benzene rings is 2. The fourth-order valence-electron chi connectivity index (χ4n) is 1.60. The molecular weight excluding hydrogens is 299 g/mol. The predicted octanol–water partition coefficient (Wildman–Crippen LogP) is 4.36. The highest BCUT2D eigenvalue weighted by atomic mass is 35.5. The van der Waals surface area contributed by atoms with Crippen LogP contribution in [0.3, 0.4) is 0 Å². The summed E-state index contributed by atoms with van der Waals surface area (Å²) in [6.45, 7) is 0.370. The normalized spacial score (nSPS) is 10.2. The van der Waals surface area contributed by atoms with Crippen LogP contribution in [-0.2, 0) is 11.3 Å². The molecular formula is C15H12Cl2O3. The van der Waals surface area contributed by atoms with Crippen molar-refractivity contribution in [2.24, 2.45) is 0 Å². The van der Waals surface area contributed by atoms with Gasteiger partial charge in [0.15, 0.2) is 0 Å². The molecule has 0 saturated carbocycles. The summed E-state index contributed by atoms with van der Waals surface area (Å²) in [5, 5.41) is 1.04. The summed E-state index contributed by atoms with van der Waals surface area (Å²) in [5.41, 5.74) is 1.36. The van der Waals surface area contributed by atoms with Crippen LogP contribution >= 0.6 is 23.2 Å². The molecule has 104 valence electrons. The van der Waals surface area contributed by atoms with Gasteiger partial charge in [-0.25, -0.2) is 4.79 Å². The highest BCUT2D eigenvalue weighted by molar-refractivity contribution is 6.32. The smallest absolute Gasteiger partial charge is 0.337 e. The van der Waals surface area contributed by atoms with Crippen LogP contribution in [0.1, 0.15) is 15.9 Å². The highest BCUT2D eigenvalue weighted by Gasteiger charge is 2.09. The Bertz CT molecular complexity index is 609. The lowest BCUT2D eigenvalue weighted by atomic mass is 10.2. The van der Waals surface area contributed by atoms with Gasteiger partial charge in [-0.15, -0.1) is 0 Å². The lowest BCUT2D eigenvalue weighted by Gasteiger charge is -2.09. The average molecular weight is 311 g/mol. The Morgan fingerprint density at radius 1 is 1.10 bits per heavy atom. The Kier molecular flexibility index (Phi) is 4.88. The van der Waals surface area contributed by atoms with E-state index in [1.165, 1.54) is 13.2 Å². The first-order valence-electron chi connectivity index (χ1n) is 5.85. The number of carbonyl (C=O) groups excluding carboxylic acids is 1. The van der Waals surface area contributed by atoms with Gasteiger partial charge in [0, 0.05) is 5.02 Å². The molecule has 2 aromatic rings. The molecule has 0 atom stereocenters. The molecule has 0 unspecified atom stereocenters. The molecule has 0 spiro atoms. The molecule has 0 fully saturated rings. The molecule has 0 saturated heterocycles. The van der Waals surface area contributed by atoms with Crippen molar-refractivity contribution in [3.8, 4) is 5.75 Å². The van der Waals surface area contributed by atoms with Gasteiger partial charge >= 0.3 is 5.97 Å². The van der Waals surface area contributed by atoms with Gasteiger partial charge in [-0.05, 0) is 35.9 Å². The summed E-state index contributed by atoms with van der Waals surface area (Å²) in [6, 6.07) is 12.1. The zero-order valence-electron chi connectivity index (χ0n) is 10.7. The first-order chi connectivity index (χ1) is 9.60. The number of rotatable bonds is 4. The SMILES string of the molecule is COC(=O)c1ccc(OCc2ccc(Cl)cc2)c(Cl)c1. The van der Waals surface area contributed by atoms with Crippen LogP contribution in [0.2, 0.25) is 10.0 Å². The number of hydrogen-bond donors (Lipinski definition) is 0. The molecule has 0 radical (unpaired) electrons. The van der Waals surface area contributed by atoms with Gasteiger partial charge in [0.05, 0.1) is 17.7 Å². The zero-order valence-corrected chi connectivity index (χ0v) is 12.2. The zero-order chi connectivity index (χ0) is 14.5. The maximum Gasteiger partial charge on any atom is 0.337 e. The first-order valence-corrected chi connectivity index (χ1v) is 6.61. The Labute approximate surface area is 127 Å². The Hall–Kier alpha value is -1.71. The fourth-order valence-corrected chi connectivity index (χ4v) is 1.97. The Morgan fingerprint density at radius 2 is 1.80 bits per heavy atom. The summed E-state index contributed by atoms with van der Waals surface area (Å²) in [4.78, 5) is 11.4. The molecule has 0 aromatic heterocycles. The Morgan fingerprint density at radius 3 is 2.40 bits per heavy atom. The van der Waals surface area contributed by atoms with Crippen molar-refractivity contribution in [2.45, 2.75) is 6.61 Å². The van der Waals surface area contributed by atoms with Gasteiger partial charge in [-0.2, -0.15) is 0 Å². The predicted molar refractivity (Wildman–Crippen MR) is 78.6 cm³/mol. The van der Waals surface area contributed by atoms with E-state index in [2.05, 4.69) is 4.74 Å². The lowest BCUT2D eigenvalue weighted by Crippen LogP contribution is -2.02. The molecule has 20 heavy (non-hydrogen) atoms. The van der Waals surface area contributed by atoms with Crippen molar-refractivity contribution in [3.05, 3.63) is 63.6 Å². The minimum absolute atomic E-state index is 0.363. The molecule has 3 nitrogen and oxygen atoms in total. The van der Waals surface area contributed by atoms with E-state index in [4.69, 9.17) is 27.9 Å². The van der Waals surface area contributed by atoms with Crippen molar-refractivity contribution in [1.82, 2.24) is 0 Å². The highest BCUT2D eigenvalue weighted by Crippen LogP contribution is 2.26. The lowest BCUT2D eigenvalue weighted by molar-refractivity contribution is 0.0600. The van der Waals surface area contributed by atoms with Crippen LogP contribution in [0.15, 0.2) is 42.5 Å². The van der Waals surface area contributed by atoms with Crippen LogP contribution < -0.4 is 4.74 Å². The van der Waals surface area contributed by atoms with Crippen LogP contribution in [0, 0.1) is 0 Å². The topological polar surface area (TPSA) is 35.5 Å². The van der Waals surface area contributed by atoms with E-state index in [1.807, 2.05) is 12.1 Å². The van der Waals surface area contributed by atoms with Crippen molar-refractivity contribution in [2.75, 3.05) is 7.11 Å². The van der Waals surface area contributed by atoms with Crippen LogP contribution in [0.4, 0.5) is 0 Å². The quantitative estimate of drug-likeness (QED) is 0.787. The fraction of sp³-hybridized carbons (Fsp3) is 0.133. The minimum atomic E-state index is -0.434. The molecule has 0 aliphatic carbocycles. The number of methoxy groups -OCH3 is 1. The van der Waals surface area contributed by atoms with Gasteiger partial charge < -0.3 is 9.47 Å². The molecule has 5 heteroatoms. The second-order valence-electron chi connectivity index (χ2n) is 4.05. The summed E-state index contributed by atoms with van der Waals surface area (Å²) >= 11 is 11.9. The number of carbonyl (C=O) groups is 1. The van der Waals surface area contributed by atoms with Gasteiger partial charge in [0.1, 0.15) is 12.4 Å². The summed E-state index contributed by atoms with van der Waals surface area (Å²) in [5.74, 6) is 0.0745. The third-order valence-electron chi connectivity index (χ3n) is 2.66. The second kappa shape index (κ2) is 6.64. The van der Waals surface area contributed by atoms with Crippen molar-refractivity contribution in [1.29, 1.82) is 0 Å². The molecule has 2 aromatic carbocycles. The van der Waals surface area contributed by atoms with Crippen molar-refractivity contribution in [3.63, 3.8) is 0 Å². The number of ether oxygens (including phenoxy) is 2. The number of halogens is 2. The standard InChI is InChI=1S/C15H12Cl2O3/c1-19-15(18)11-4-7-14(13(17)8-11)20-9-10-2-5-12(16)6-3-10/h2-8H,9H2,1H3. The maximum atomic E-state index is 11.4. The second-order valence-corrected chi connectivity index (χ2v) is 4.90. The molecule has 0 aliphatic heterocycles. The van der Waals surface area contributed by atoms with E-state index >= 15 is 0 Å². The molecule has 0 amide bonds. The Balaban J connectivity index is 2.06. The minimum Gasteiger partial charge on any atom is -0.487 e. The molecule has 0 aliphatic rings. The van der Waals surface area contributed by atoms with Crippen LogP contribution in [0.5, 0.6) is 5.75 Å². The van der Waals surface area contributed by atoms with Crippen LogP contribution in [-0.4, -0.2) is 13.1 Å². The summed E-state index contributed by atoms with van der Waals surface area (Å²) in [6.07, 6.45) is 0. The maximum absolute atomic E-state index is 11.4. The largest absolute Gasteiger partial charge is 0.487 e. The van der Waals surface area contributed by atoms with E-state index in [9.17, 15) is 4.79 Å².